The molecule has 4 rings (SSSR count). The molecule has 0 saturated carbocycles. The third-order valence-corrected chi connectivity index (χ3v) is 5.79. The van der Waals surface area contributed by atoms with Crippen LogP contribution in [0.25, 0.3) is 17.0 Å². The molecule has 2 aliphatic rings. The lowest BCUT2D eigenvalue weighted by molar-refractivity contribution is -0.139. The smallest absolute Gasteiger partial charge is 0.294 e. The highest BCUT2D eigenvalue weighted by Crippen LogP contribution is 2.34. The van der Waals surface area contributed by atoms with E-state index in [2.05, 4.69) is 6.07 Å². The van der Waals surface area contributed by atoms with Crippen molar-refractivity contribution >= 4 is 45.8 Å². The number of hydrogen-bond donors (Lipinski definition) is 0. The van der Waals surface area contributed by atoms with Crippen LogP contribution in [0.5, 0.6) is 0 Å². The largest absolute Gasteiger partial charge is 0.378 e. The number of carbonyl (C=O) groups excluding carboxylic acids is 3. The van der Waals surface area contributed by atoms with Crippen molar-refractivity contribution in [3.8, 4) is 6.07 Å². The van der Waals surface area contributed by atoms with Gasteiger partial charge in [0.15, 0.2) is 0 Å². The normalized spacial score (nSPS) is 18.7. The lowest BCUT2D eigenvalue weighted by Crippen LogP contribution is -2.46. The minimum absolute atomic E-state index is 0.184. The summed E-state index contributed by atoms with van der Waals surface area (Å²) in [5.74, 6) is -0.735. The van der Waals surface area contributed by atoms with Crippen LogP contribution in [0.2, 0.25) is 0 Å². The Bertz CT molecular complexity index is 1060. The molecule has 1 aromatic heterocycles. The van der Waals surface area contributed by atoms with Crippen LogP contribution in [0.1, 0.15) is 5.56 Å². The third-order valence-electron chi connectivity index (χ3n) is 4.88. The van der Waals surface area contributed by atoms with Crippen molar-refractivity contribution in [3.05, 3.63) is 40.9 Å². The Morgan fingerprint density at radius 1 is 1.24 bits per heavy atom. The van der Waals surface area contributed by atoms with Gasteiger partial charge in [0.25, 0.3) is 11.1 Å². The zero-order chi connectivity index (χ0) is 20.4. The van der Waals surface area contributed by atoms with Gasteiger partial charge in [-0.25, -0.2) is 0 Å². The maximum atomic E-state index is 12.8. The molecule has 0 unspecified atom stereocenters. The van der Waals surface area contributed by atoms with Crippen LogP contribution >= 0.6 is 11.8 Å². The van der Waals surface area contributed by atoms with Crippen LogP contribution in [-0.4, -0.2) is 64.3 Å². The number of carbonyl (C=O) groups is 3. The molecular weight excluding hydrogens is 392 g/mol. The summed E-state index contributed by atoms with van der Waals surface area (Å²) in [6.45, 7) is 1.76. The second-order valence-electron chi connectivity index (χ2n) is 6.65. The molecule has 3 amide bonds. The van der Waals surface area contributed by atoms with Crippen LogP contribution in [0, 0.1) is 11.3 Å². The summed E-state index contributed by atoms with van der Waals surface area (Å²) in [6, 6.07) is 9.68. The molecule has 0 N–H and O–H groups in total. The van der Waals surface area contributed by atoms with E-state index in [-0.39, 0.29) is 23.9 Å². The van der Waals surface area contributed by atoms with E-state index < -0.39 is 11.1 Å². The number of amides is 3. The van der Waals surface area contributed by atoms with Gasteiger partial charge in [0, 0.05) is 35.8 Å². The van der Waals surface area contributed by atoms with E-state index in [1.165, 1.54) is 0 Å². The van der Waals surface area contributed by atoms with Crippen molar-refractivity contribution in [3.63, 3.8) is 0 Å². The van der Waals surface area contributed by atoms with Crippen LogP contribution < -0.4 is 0 Å². The zero-order valence-electron chi connectivity index (χ0n) is 15.5. The molecule has 0 radical (unpaired) electrons. The fraction of sp³-hybridized carbons (Fsp3) is 0.300. The number of benzene rings is 1. The summed E-state index contributed by atoms with van der Waals surface area (Å²) >= 11 is 0.825. The molecule has 3 heterocycles. The van der Waals surface area contributed by atoms with Crippen molar-refractivity contribution in [1.29, 1.82) is 5.26 Å². The van der Waals surface area contributed by atoms with E-state index in [1.807, 2.05) is 24.3 Å². The molecule has 2 aromatic rings. The number of imide groups is 1. The molecule has 2 saturated heterocycles. The average molecular weight is 410 g/mol. The predicted molar refractivity (Wildman–Crippen MR) is 108 cm³/mol. The van der Waals surface area contributed by atoms with Gasteiger partial charge in [-0.05, 0) is 23.9 Å². The highest BCUT2D eigenvalue weighted by molar-refractivity contribution is 8.18. The van der Waals surface area contributed by atoms with E-state index in [1.54, 1.807) is 21.7 Å². The van der Waals surface area contributed by atoms with Gasteiger partial charge in [-0.2, -0.15) is 5.26 Å². The molecule has 2 aliphatic heterocycles. The molecule has 1 aromatic carbocycles. The molecule has 148 valence electrons. The van der Waals surface area contributed by atoms with E-state index >= 15 is 0 Å². The van der Waals surface area contributed by atoms with Crippen LogP contribution in [0.3, 0.4) is 0 Å². The van der Waals surface area contributed by atoms with E-state index in [4.69, 9.17) is 10.00 Å². The van der Waals surface area contributed by atoms with Crippen LogP contribution in [0.15, 0.2) is 35.4 Å². The molecule has 8 nitrogen and oxygen atoms in total. The van der Waals surface area contributed by atoms with E-state index in [0.29, 0.717) is 26.3 Å². The monoisotopic (exact) mass is 410 g/mol. The summed E-state index contributed by atoms with van der Waals surface area (Å²) in [6.07, 6.45) is 3.45. The van der Waals surface area contributed by atoms with Gasteiger partial charge < -0.3 is 14.2 Å². The summed E-state index contributed by atoms with van der Waals surface area (Å²) in [4.78, 5) is 40.4. The van der Waals surface area contributed by atoms with Gasteiger partial charge in [0.1, 0.15) is 13.1 Å². The van der Waals surface area contributed by atoms with Gasteiger partial charge in [-0.15, -0.1) is 0 Å². The molecule has 29 heavy (non-hydrogen) atoms. The maximum Gasteiger partial charge on any atom is 0.294 e. The number of para-hydroxylation sites is 1. The molecule has 0 spiro atoms. The Morgan fingerprint density at radius 2 is 2.00 bits per heavy atom. The van der Waals surface area contributed by atoms with Crippen molar-refractivity contribution in [2.75, 3.05) is 32.8 Å². The number of rotatable bonds is 4. The van der Waals surface area contributed by atoms with Crippen LogP contribution in [-0.2, 0) is 20.9 Å². The number of fused-ring (bicyclic) bond motifs is 1. The summed E-state index contributed by atoms with van der Waals surface area (Å²) in [5, 5.41) is 9.47. The van der Waals surface area contributed by atoms with Crippen molar-refractivity contribution in [2.24, 2.45) is 0 Å². The maximum absolute atomic E-state index is 12.8. The van der Waals surface area contributed by atoms with Crippen molar-refractivity contribution in [1.82, 2.24) is 14.4 Å². The molecule has 0 aliphatic carbocycles. The zero-order valence-corrected chi connectivity index (χ0v) is 16.4. The number of hydrogen-bond acceptors (Lipinski definition) is 6. The van der Waals surface area contributed by atoms with Crippen molar-refractivity contribution < 1.29 is 19.1 Å². The Labute approximate surface area is 171 Å². The standard InChI is InChI=1S/C20H18N4O4S/c21-5-6-23-12-14(15-3-1-2-4-16(15)23)11-17-19(26)24(20(27)29-17)13-18(25)22-7-9-28-10-8-22/h1-4,11-12H,6-10,13H2. The topological polar surface area (TPSA) is 95.6 Å². The van der Waals surface area contributed by atoms with Gasteiger partial charge in [-0.3, -0.25) is 19.3 Å². The Hall–Kier alpha value is -3.09. The van der Waals surface area contributed by atoms with Gasteiger partial charge in [-0.1, -0.05) is 18.2 Å². The second-order valence-corrected chi connectivity index (χ2v) is 7.64. The third kappa shape index (κ3) is 3.77. The average Bonchev–Trinajstić information content (AvgIpc) is 3.21. The van der Waals surface area contributed by atoms with Crippen molar-refractivity contribution in [2.45, 2.75) is 6.54 Å². The fourth-order valence-corrected chi connectivity index (χ4v) is 4.25. The number of ether oxygens (including phenoxy) is 1. The Kier molecular flexibility index (Phi) is 5.38. The first kappa shape index (κ1) is 19.2. The predicted octanol–water partition coefficient (Wildman–Crippen LogP) is 2.06. The summed E-state index contributed by atoms with van der Waals surface area (Å²) in [5.41, 5.74) is 1.63. The highest BCUT2D eigenvalue weighted by atomic mass is 32.2. The number of morpholine rings is 1. The minimum atomic E-state index is -0.473. The van der Waals surface area contributed by atoms with Gasteiger partial charge in [0.2, 0.25) is 5.91 Å². The van der Waals surface area contributed by atoms with E-state index in [9.17, 15) is 14.4 Å². The van der Waals surface area contributed by atoms with Gasteiger partial charge >= 0.3 is 0 Å². The first-order valence-corrected chi connectivity index (χ1v) is 9.96. The first-order chi connectivity index (χ1) is 14.1. The summed E-state index contributed by atoms with van der Waals surface area (Å²) in [7, 11) is 0. The highest BCUT2D eigenvalue weighted by Gasteiger charge is 2.37. The summed E-state index contributed by atoms with van der Waals surface area (Å²) < 4.78 is 7.02. The Balaban J connectivity index is 1.57. The fourth-order valence-electron chi connectivity index (χ4n) is 3.42. The molecule has 9 heteroatoms. The van der Waals surface area contributed by atoms with E-state index in [0.717, 1.165) is 33.1 Å². The molecule has 0 bridgehead atoms. The lowest BCUT2D eigenvalue weighted by Gasteiger charge is -2.28. The number of aromatic nitrogens is 1. The number of nitriles is 1. The minimum Gasteiger partial charge on any atom is -0.378 e. The molecule has 2 fully saturated rings. The first-order valence-electron chi connectivity index (χ1n) is 9.14. The van der Waals surface area contributed by atoms with Gasteiger partial charge in [0.05, 0.1) is 24.2 Å². The quantitative estimate of drug-likeness (QED) is 0.716. The molecular formula is C20H18N4O4S. The number of thioether (sulfide) groups is 1. The number of nitrogens with zero attached hydrogens (tertiary/aromatic N) is 4. The van der Waals surface area contributed by atoms with Crippen LogP contribution in [0.4, 0.5) is 4.79 Å². The molecule has 0 atom stereocenters. The SMILES string of the molecule is N#CCn1cc(C=C2SC(=O)N(CC(=O)N3CCOCC3)C2=O)c2ccccc21. The second kappa shape index (κ2) is 8.11. The lowest BCUT2D eigenvalue weighted by atomic mass is 10.1. The Morgan fingerprint density at radius 3 is 2.76 bits per heavy atom.